The zero-order valence-corrected chi connectivity index (χ0v) is 13.6. The van der Waals surface area contributed by atoms with E-state index in [4.69, 9.17) is 28.9 Å². The van der Waals surface area contributed by atoms with Crippen LogP contribution in [0, 0.1) is 0 Å². The standard InChI is InChI=1S/C19H13Cl2NO/c20-16-10-3-1-6-12(16)13-8-5-9-15(19(22)23)18(13)14-7-2-4-11-17(14)21/h1-11H,(H2,22,23). The van der Waals surface area contributed by atoms with Crippen molar-refractivity contribution >= 4 is 29.1 Å². The highest BCUT2D eigenvalue weighted by Gasteiger charge is 2.18. The third-order valence-electron chi connectivity index (χ3n) is 3.64. The molecule has 2 nitrogen and oxygen atoms in total. The minimum Gasteiger partial charge on any atom is -0.366 e. The molecule has 3 aromatic carbocycles. The molecule has 3 rings (SSSR count). The van der Waals surface area contributed by atoms with Crippen molar-refractivity contribution in [2.75, 3.05) is 0 Å². The summed E-state index contributed by atoms with van der Waals surface area (Å²) in [5.74, 6) is -0.506. The molecular weight excluding hydrogens is 329 g/mol. The lowest BCUT2D eigenvalue weighted by Crippen LogP contribution is -2.13. The van der Waals surface area contributed by atoms with Crippen LogP contribution in [0.4, 0.5) is 0 Å². The Morgan fingerprint density at radius 1 is 0.696 bits per heavy atom. The van der Waals surface area contributed by atoms with E-state index in [1.807, 2.05) is 48.5 Å². The van der Waals surface area contributed by atoms with Gasteiger partial charge < -0.3 is 5.73 Å². The van der Waals surface area contributed by atoms with Crippen LogP contribution in [-0.2, 0) is 0 Å². The maximum absolute atomic E-state index is 11.9. The van der Waals surface area contributed by atoms with Gasteiger partial charge in [0, 0.05) is 32.3 Å². The van der Waals surface area contributed by atoms with Gasteiger partial charge in [-0.25, -0.2) is 0 Å². The van der Waals surface area contributed by atoms with Gasteiger partial charge in [-0.3, -0.25) is 4.79 Å². The molecule has 114 valence electrons. The lowest BCUT2D eigenvalue weighted by molar-refractivity contribution is 0.100. The van der Waals surface area contributed by atoms with Crippen molar-refractivity contribution in [2.45, 2.75) is 0 Å². The fourth-order valence-electron chi connectivity index (χ4n) is 2.62. The van der Waals surface area contributed by atoms with Gasteiger partial charge in [0.05, 0.1) is 0 Å². The quantitative estimate of drug-likeness (QED) is 0.678. The minimum atomic E-state index is -0.506. The normalized spacial score (nSPS) is 10.5. The summed E-state index contributed by atoms with van der Waals surface area (Å²) in [5.41, 5.74) is 9.07. The van der Waals surface area contributed by atoms with Gasteiger partial charge in [0.25, 0.3) is 0 Å². The Morgan fingerprint density at radius 3 is 1.78 bits per heavy atom. The fourth-order valence-corrected chi connectivity index (χ4v) is 3.08. The number of rotatable bonds is 3. The van der Waals surface area contributed by atoms with Gasteiger partial charge in [-0.1, -0.05) is 71.7 Å². The van der Waals surface area contributed by atoms with E-state index in [0.717, 1.165) is 16.7 Å². The van der Waals surface area contributed by atoms with Gasteiger partial charge >= 0.3 is 0 Å². The maximum atomic E-state index is 11.9. The highest BCUT2D eigenvalue weighted by molar-refractivity contribution is 6.35. The summed E-state index contributed by atoms with van der Waals surface area (Å²) in [6, 6.07) is 20.2. The average Bonchev–Trinajstić information content (AvgIpc) is 2.55. The van der Waals surface area contributed by atoms with Gasteiger partial charge in [0.2, 0.25) is 5.91 Å². The van der Waals surface area contributed by atoms with Crippen LogP contribution in [0.3, 0.4) is 0 Å². The Bertz CT molecular complexity index is 890. The Morgan fingerprint density at radius 2 is 1.22 bits per heavy atom. The molecule has 1 amide bonds. The second-order valence-corrected chi connectivity index (χ2v) is 5.87. The zero-order valence-electron chi connectivity index (χ0n) is 12.1. The van der Waals surface area contributed by atoms with Crippen LogP contribution in [0.15, 0.2) is 66.7 Å². The van der Waals surface area contributed by atoms with Crippen molar-refractivity contribution in [3.8, 4) is 22.3 Å². The molecule has 4 heteroatoms. The molecule has 0 atom stereocenters. The minimum absolute atomic E-state index is 0.413. The van der Waals surface area contributed by atoms with Crippen molar-refractivity contribution in [3.05, 3.63) is 82.3 Å². The van der Waals surface area contributed by atoms with Crippen LogP contribution in [0.1, 0.15) is 10.4 Å². The number of benzene rings is 3. The van der Waals surface area contributed by atoms with E-state index in [1.54, 1.807) is 18.2 Å². The maximum Gasteiger partial charge on any atom is 0.249 e. The van der Waals surface area contributed by atoms with Gasteiger partial charge in [-0.15, -0.1) is 0 Å². The van der Waals surface area contributed by atoms with E-state index in [2.05, 4.69) is 0 Å². The molecule has 0 radical (unpaired) electrons. The monoisotopic (exact) mass is 341 g/mol. The first kappa shape index (κ1) is 15.6. The molecule has 2 N–H and O–H groups in total. The molecule has 0 bridgehead atoms. The zero-order chi connectivity index (χ0) is 16.4. The van der Waals surface area contributed by atoms with Crippen molar-refractivity contribution < 1.29 is 4.79 Å². The molecule has 0 fully saturated rings. The summed E-state index contributed by atoms with van der Waals surface area (Å²) >= 11 is 12.7. The highest BCUT2D eigenvalue weighted by Crippen LogP contribution is 2.40. The molecule has 0 unspecified atom stereocenters. The van der Waals surface area contributed by atoms with E-state index in [0.29, 0.717) is 21.2 Å². The first-order valence-electron chi connectivity index (χ1n) is 7.02. The fraction of sp³-hybridized carbons (Fsp3) is 0. The predicted molar refractivity (Wildman–Crippen MR) is 95.9 cm³/mol. The Kier molecular flexibility index (Phi) is 4.37. The lowest BCUT2D eigenvalue weighted by atomic mass is 9.90. The predicted octanol–water partition coefficient (Wildman–Crippen LogP) is 5.43. The summed E-state index contributed by atoms with van der Waals surface area (Å²) in [6.45, 7) is 0. The third kappa shape index (κ3) is 2.96. The topological polar surface area (TPSA) is 43.1 Å². The molecule has 0 heterocycles. The van der Waals surface area contributed by atoms with Crippen LogP contribution in [-0.4, -0.2) is 5.91 Å². The molecule has 0 aliphatic heterocycles. The second kappa shape index (κ2) is 6.45. The van der Waals surface area contributed by atoms with Crippen molar-refractivity contribution in [1.82, 2.24) is 0 Å². The summed E-state index contributed by atoms with van der Waals surface area (Å²) in [5, 5.41) is 1.15. The van der Waals surface area contributed by atoms with Crippen molar-refractivity contribution in [3.63, 3.8) is 0 Å². The van der Waals surface area contributed by atoms with Crippen LogP contribution in [0.2, 0.25) is 10.0 Å². The van der Waals surface area contributed by atoms with Gasteiger partial charge in [-0.05, 0) is 23.8 Å². The molecule has 0 aliphatic rings. The van der Waals surface area contributed by atoms with Gasteiger partial charge in [0.15, 0.2) is 0 Å². The molecule has 23 heavy (non-hydrogen) atoms. The van der Waals surface area contributed by atoms with E-state index < -0.39 is 5.91 Å². The van der Waals surface area contributed by atoms with Gasteiger partial charge in [-0.2, -0.15) is 0 Å². The van der Waals surface area contributed by atoms with Gasteiger partial charge in [0.1, 0.15) is 0 Å². The first-order valence-corrected chi connectivity index (χ1v) is 7.78. The molecule has 0 spiro atoms. The molecule has 3 aromatic rings. The average molecular weight is 342 g/mol. The number of amides is 1. The largest absolute Gasteiger partial charge is 0.366 e. The molecule has 0 saturated carbocycles. The lowest BCUT2D eigenvalue weighted by Gasteiger charge is -2.16. The number of halogens is 2. The van der Waals surface area contributed by atoms with Crippen molar-refractivity contribution in [2.24, 2.45) is 5.73 Å². The Hall–Kier alpha value is -2.29. The number of carbonyl (C=O) groups is 1. The number of primary amides is 1. The summed E-state index contributed by atoms with van der Waals surface area (Å²) in [7, 11) is 0. The molecule has 0 aromatic heterocycles. The molecule has 0 aliphatic carbocycles. The summed E-state index contributed by atoms with van der Waals surface area (Å²) < 4.78 is 0. The molecular formula is C19H13Cl2NO. The van der Waals surface area contributed by atoms with E-state index in [-0.39, 0.29) is 0 Å². The highest BCUT2D eigenvalue weighted by atomic mass is 35.5. The second-order valence-electron chi connectivity index (χ2n) is 5.05. The summed E-state index contributed by atoms with van der Waals surface area (Å²) in [6.07, 6.45) is 0. The Labute approximate surface area is 144 Å². The van der Waals surface area contributed by atoms with Crippen LogP contribution >= 0.6 is 23.2 Å². The van der Waals surface area contributed by atoms with E-state index in [9.17, 15) is 4.79 Å². The number of hydrogen-bond acceptors (Lipinski definition) is 1. The Balaban J connectivity index is 2.39. The van der Waals surface area contributed by atoms with Crippen LogP contribution in [0.25, 0.3) is 22.3 Å². The first-order chi connectivity index (χ1) is 11.1. The van der Waals surface area contributed by atoms with Crippen LogP contribution in [0.5, 0.6) is 0 Å². The van der Waals surface area contributed by atoms with E-state index >= 15 is 0 Å². The number of carbonyl (C=O) groups excluding carboxylic acids is 1. The van der Waals surface area contributed by atoms with Crippen molar-refractivity contribution in [1.29, 1.82) is 0 Å². The number of nitrogens with two attached hydrogens (primary N) is 1. The van der Waals surface area contributed by atoms with E-state index in [1.165, 1.54) is 0 Å². The molecule has 0 saturated heterocycles. The third-order valence-corrected chi connectivity index (χ3v) is 4.30. The van der Waals surface area contributed by atoms with Crippen LogP contribution < -0.4 is 5.73 Å². The number of hydrogen-bond donors (Lipinski definition) is 1. The SMILES string of the molecule is NC(=O)c1cccc(-c2ccccc2Cl)c1-c1ccccc1Cl. The summed E-state index contributed by atoms with van der Waals surface area (Å²) in [4.78, 5) is 11.9. The smallest absolute Gasteiger partial charge is 0.249 e.